The Kier molecular flexibility index (Phi) is 8.98. The Hall–Kier alpha value is -3.76. The molecule has 2 aliphatic heterocycles. The summed E-state index contributed by atoms with van der Waals surface area (Å²) >= 11 is 0. The zero-order chi connectivity index (χ0) is 28.0. The minimum atomic E-state index is -4.25. The van der Waals surface area contributed by atoms with Gasteiger partial charge in [-0.2, -0.15) is 18.4 Å². The van der Waals surface area contributed by atoms with E-state index in [1.54, 1.807) is 0 Å². The number of aldehydes is 1. The van der Waals surface area contributed by atoms with Crippen molar-refractivity contribution >= 4 is 24.0 Å². The number of nitriles is 1. The molecule has 13 heteroatoms. The molecule has 2 aliphatic rings. The molecule has 2 aromatic heterocycles. The zero-order valence-electron chi connectivity index (χ0n) is 21.5. The van der Waals surface area contributed by atoms with Gasteiger partial charge in [-0.1, -0.05) is 0 Å². The number of aromatic nitrogens is 2. The van der Waals surface area contributed by atoms with Gasteiger partial charge in [0.05, 0.1) is 19.3 Å². The van der Waals surface area contributed by atoms with Crippen molar-refractivity contribution in [2.24, 2.45) is 0 Å². The van der Waals surface area contributed by atoms with Crippen LogP contribution >= 0.6 is 0 Å². The van der Waals surface area contributed by atoms with Crippen molar-refractivity contribution in [3.8, 4) is 11.8 Å². The number of fused-ring (bicyclic) bond motifs is 1. The summed E-state index contributed by atoms with van der Waals surface area (Å²) < 4.78 is 48.8. The molecule has 1 fully saturated rings. The molecule has 4 rings (SSSR count). The van der Waals surface area contributed by atoms with E-state index in [4.69, 9.17) is 9.47 Å². The molecular weight excluding hydrogens is 517 g/mol. The predicted octanol–water partition coefficient (Wildman–Crippen LogP) is 3.91. The standard InChI is InChI=1S/C26H29F3N6O4/c1-38-9-10-39-22-12-23(31-14-19(22)13-30)33-25(37)35-6-2-3-18-11-20(21(15-36)32-24(18)35)17-4-7-34(8-5-17)16-26(27,28)29/h11-12,14-15,17H,2-10,16H2,1H3,(H,31,33,37). The molecule has 4 heterocycles. The van der Waals surface area contributed by atoms with Crippen LogP contribution in [0.25, 0.3) is 0 Å². The number of nitrogens with zero attached hydrogens (tertiary/aromatic N) is 5. The summed E-state index contributed by atoms with van der Waals surface area (Å²) in [7, 11) is 1.53. The van der Waals surface area contributed by atoms with Crippen LogP contribution in [0.3, 0.4) is 0 Å². The molecular formula is C26H29F3N6O4. The first kappa shape index (κ1) is 28.3. The van der Waals surface area contributed by atoms with Gasteiger partial charge in [-0.3, -0.25) is 19.9 Å². The van der Waals surface area contributed by atoms with Crippen LogP contribution in [0.2, 0.25) is 0 Å². The molecule has 0 unspecified atom stereocenters. The van der Waals surface area contributed by atoms with E-state index in [0.717, 1.165) is 5.56 Å². The van der Waals surface area contributed by atoms with Gasteiger partial charge in [-0.05, 0) is 61.9 Å². The maximum absolute atomic E-state index is 13.2. The summed E-state index contributed by atoms with van der Waals surface area (Å²) in [5, 5.41) is 12.0. The molecule has 0 aromatic carbocycles. The van der Waals surface area contributed by atoms with E-state index in [-0.39, 0.29) is 48.4 Å². The normalized spacial score (nSPS) is 16.3. The van der Waals surface area contributed by atoms with Crippen molar-refractivity contribution in [3.63, 3.8) is 0 Å². The van der Waals surface area contributed by atoms with Gasteiger partial charge < -0.3 is 9.47 Å². The Morgan fingerprint density at radius 3 is 2.69 bits per heavy atom. The van der Waals surface area contributed by atoms with Gasteiger partial charge in [0.15, 0.2) is 6.29 Å². The lowest BCUT2D eigenvalue weighted by Gasteiger charge is -2.34. The van der Waals surface area contributed by atoms with E-state index in [2.05, 4.69) is 15.3 Å². The number of carbonyl (C=O) groups excluding carboxylic acids is 2. The lowest BCUT2D eigenvalue weighted by atomic mass is 9.86. The molecule has 0 bridgehead atoms. The highest BCUT2D eigenvalue weighted by molar-refractivity contribution is 6.01. The van der Waals surface area contributed by atoms with E-state index in [1.165, 1.54) is 29.2 Å². The molecule has 0 aliphatic carbocycles. The van der Waals surface area contributed by atoms with Gasteiger partial charge in [0.1, 0.15) is 41.3 Å². The zero-order valence-corrected chi connectivity index (χ0v) is 21.5. The number of nitrogens with one attached hydrogen (secondary N) is 1. The second-order valence-electron chi connectivity index (χ2n) is 9.43. The third kappa shape index (κ3) is 7.01. The first-order chi connectivity index (χ1) is 18.7. The van der Waals surface area contributed by atoms with E-state index in [0.29, 0.717) is 56.5 Å². The number of aryl methyl sites for hydroxylation is 1. The molecule has 10 nitrogen and oxygen atoms in total. The molecule has 0 radical (unpaired) electrons. The summed E-state index contributed by atoms with van der Waals surface area (Å²) in [6.45, 7) is 0.517. The van der Waals surface area contributed by atoms with Gasteiger partial charge >= 0.3 is 12.2 Å². The molecule has 1 saturated heterocycles. The third-order valence-corrected chi connectivity index (χ3v) is 6.78. The molecule has 0 saturated carbocycles. The van der Waals surface area contributed by atoms with Gasteiger partial charge in [0.25, 0.3) is 0 Å². The number of piperidine rings is 1. The lowest BCUT2D eigenvalue weighted by Crippen LogP contribution is -2.40. The van der Waals surface area contributed by atoms with Crippen LogP contribution in [0.4, 0.5) is 29.6 Å². The van der Waals surface area contributed by atoms with Crippen molar-refractivity contribution in [2.45, 2.75) is 37.8 Å². The molecule has 2 aromatic rings. The highest BCUT2D eigenvalue weighted by Crippen LogP contribution is 2.35. The van der Waals surface area contributed by atoms with Crippen LogP contribution < -0.4 is 15.0 Å². The fraction of sp³-hybridized carbons (Fsp3) is 0.500. The highest BCUT2D eigenvalue weighted by atomic mass is 19.4. The van der Waals surface area contributed by atoms with Crippen LogP contribution in [-0.4, -0.2) is 79.9 Å². The number of rotatable bonds is 8. The Morgan fingerprint density at radius 2 is 2.03 bits per heavy atom. The first-order valence-corrected chi connectivity index (χ1v) is 12.6. The Labute approximate surface area is 223 Å². The Balaban J connectivity index is 1.50. The Morgan fingerprint density at radius 1 is 1.26 bits per heavy atom. The predicted molar refractivity (Wildman–Crippen MR) is 135 cm³/mol. The molecule has 39 heavy (non-hydrogen) atoms. The maximum atomic E-state index is 13.2. The maximum Gasteiger partial charge on any atom is 0.401 e. The minimum absolute atomic E-state index is 0.0870. The number of likely N-dealkylation sites (tertiary alicyclic amines) is 1. The molecule has 2 amide bonds. The average molecular weight is 547 g/mol. The number of carbonyl (C=O) groups is 2. The number of pyridine rings is 2. The van der Waals surface area contributed by atoms with Gasteiger partial charge in [0, 0.05) is 19.7 Å². The quantitative estimate of drug-likeness (QED) is 0.391. The van der Waals surface area contributed by atoms with Gasteiger partial charge in [-0.15, -0.1) is 0 Å². The summed E-state index contributed by atoms with van der Waals surface area (Å²) in [5.74, 6) is 0.711. The van der Waals surface area contributed by atoms with Crippen molar-refractivity contribution in [1.29, 1.82) is 5.26 Å². The lowest BCUT2D eigenvalue weighted by molar-refractivity contribution is -0.147. The topological polar surface area (TPSA) is 121 Å². The molecule has 0 atom stereocenters. The summed E-state index contributed by atoms with van der Waals surface area (Å²) in [6.07, 6.45) is -0.0212. The van der Waals surface area contributed by atoms with Crippen LogP contribution in [0.1, 0.15) is 52.4 Å². The van der Waals surface area contributed by atoms with Gasteiger partial charge in [0.2, 0.25) is 0 Å². The molecule has 208 valence electrons. The van der Waals surface area contributed by atoms with Crippen molar-refractivity contribution in [1.82, 2.24) is 14.9 Å². The summed E-state index contributed by atoms with van der Waals surface area (Å²) in [6, 6.07) is 4.81. The van der Waals surface area contributed by atoms with Crippen LogP contribution in [0.5, 0.6) is 5.75 Å². The fourth-order valence-electron chi connectivity index (χ4n) is 4.92. The SMILES string of the molecule is COCCOc1cc(NC(=O)N2CCCc3cc(C4CCN(CC(F)(F)F)CC4)c(C=O)nc32)ncc1C#N. The fourth-order valence-corrected chi connectivity index (χ4v) is 4.92. The first-order valence-electron chi connectivity index (χ1n) is 12.6. The van der Waals surface area contributed by atoms with Crippen LogP contribution in [0, 0.1) is 11.3 Å². The second-order valence-corrected chi connectivity index (χ2v) is 9.43. The number of hydrogen-bond acceptors (Lipinski definition) is 8. The number of anilines is 2. The number of urea groups is 1. The van der Waals surface area contributed by atoms with E-state index >= 15 is 0 Å². The van der Waals surface area contributed by atoms with E-state index in [9.17, 15) is 28.0 Å². The third-order valence-electron chi connectivity index (χ3n) is 6.78. The highest BCUT2D eigenvalue weighted by Gasteiger charge is 2.34. The number of halogens is 3. The monoisotopic (exact) mass is 546 g/mol. The molecule has 0 spiro atoms. The van der Waals surface area contributed by atoms with Crippen molar-refractivity contribution in [3.05, 3.63) is 40.7 Å². The number of hydrogen-bond donors (Lipinski definition) is 1. The second kappa shape index (κ2) is 12.4. The average Bonchev–Trinajstić information content (AvgIpc) is 2.92. The number of methoxy groups -OCH3 is 1. The van der Waals surface area contributed by atoms with E-state index < -0.39 is 18.8 Å². The summed E-state index contributed by atoms with van der Waals surface area (Å²) in [4.78, 5) is 36.7. The van der Waals surface area contributed by atoms with Crippen molar-refractivity contribution in [2.75, 3.05) is 56.7 Å². The van der Waals surface area contributed by atoms with Crippen LogP contribution in [-0.2, 0) is 11.2 Å². The largest absolute Gasteiger partial charge is 0.490 e. The minimum Gasteiger partial charge on any atom is -0.490 e. The molecule has 1 N–H and O–H groups in total. The Bertz CT molecular complexity index is 1240. The van der Waals surface area contributed by atoms with Crippen LogP contribution in [0.15, 0.2) is 18.3 Å². The number of ether oxygens (including phenoxy) is 2. The number of amides is 2. The summed E-state index contributed by atoms with van der Waals surface area (Å²) in [5.41, 5.74) is 1.91. The van der Waals surface area contributed by atoms with E-state index in [1.807, 2.05) is 12.1 Å². The van der Waals surface area contributed by atoms with Gasteiger partial charge in [-0.25, -0.2) is 14.8 Å². The smallest absolute Gasteiger partial charge is 0.401 e. The van der Waals surface area contributed by atoms with Crippen molar-refractivity contribution < 1.29 is 32.2 Å². The number of alkyl halides is 3.